The van der Waals surface area contributed by atoms with Crippen LogP contribution in [0.4, 0.5) is 0 Å². The van der Waals surface area contributed by atoms with Crippen molar-refractivity contribution in [3.8, 4) is 5.75 Å². The molecule has 0 atom stereocenters. The minimum Gasteiger partial charge on any atom is -0.494 e. The van der Waals surface area contributed by atoms with Crippen LogP contribution in [0, 0.1) is 13.8 Å². The van der Waals surface area contributed by atoms with Crippen LogP contribution in [-0.2, 0) is 13.0 Å². The Bertz CT molecular complexity index is 1180. The van der Waals surface area contributed by atoms with Crippen molar-refractivity contribution in [2.24, 2.45) is 0 Å². The topological polar surface area (TPSA) is 69.3 Å². The van der Waals surface area contributed by atoms with Crippen molar-refractivity contribution in [2.45, 2.75) is 39.7 Å². The van der Waals surface area contributed by atoms with Crippen molar-refractivity contribution in [2.75, 3.05) is 13.2 Å². The van der Waals surface area contributed by atoms with Crippen molar-refractivity contribution in [1.82, 2.24) is 14.9 Å². The lowest BCUT2D eigenvalue weighted by Gasteiger charge is -2.11. The number of ether oxygens (including phenoxy) is 1. The Balaban J connectivity index is 1.33. The van der Waals surface area contributed by atoms with E-state index >= 15 is 0 Å². The Hall–Kier alpha value is -3.54. The number of hydrogen-bond acceptors (Lipinski definition) is 4. The van der Waals surface area contributed by atoms with Gasteiger partial charge in [-0.3, -0.25) is 4.79 Å². The van der Waals surface area contributed by atoms with Crippen LogP contribution < -0.4 is 10.1 Å². The van der Waals surface area contributed by atoms with Crippen LogP contribution in [0.15, 0.2) is 65.3 Å². The molecule has 1 N–H and O–H groups in total. The van der Waals surface area contributed by atoms with Gasteiger partial charge in [0.05, 0.1) is 23.9 Å². The average Bonchev–Trinajstić information content (AvgIpc) is 3.45. The average molecular weight is 432 g/mol. The van der Waals surface area contributed by atoms with Gasteiger partial charge in [0, 0.05) is 19.5 Å². The summed E-state index contributed by atoms with van der Waals surface area (Å²) in [4.78, 5) is 16.8. The highest BCUT2D eigenvalue weighted by Gasteiger charge is 2.11. The lowest BCUT2D eigenvalue weighted by molar-refractivity contribution is 0.0925. The van der Waals surface area contributed by atoms with E-state index in [4.69, 9.17) is 14.1 Å². The van der Waals surface area contributed by atoms with Crippen LogP contribution in [0.3, 0.4) is 0 Å². The Morgan fingerprint density at radius 1 is 1.06 bits per heavy atom. The van der Waals surface area contributed by atoms with Gasteiger partial charge in [-0.25, -0.2) is 4.98 Å². The molecule has 0 aliphatic carbocycles. The molecule has 0 radical (unpaired) electrons. The highest BCUT2D eigenvalue weighted by atomic mass is 16.5. The summed E-state index contributed by atoms with van der Waals surface area (Å²) in [6.07, 6.45) is 3.97. The first-order chi connectivity index (χ1) is 15.6. The van der Waals surface area contributed by atoms with E-state index < -0.39 is 0 Å². The lowest BCUT2D eigenvalue weighted by atomic mass is 10.1. The highest BCUT2D eigenvalue weighted by Crippen LogP contribution is 2.19. The van der Waals surface area contributed by atoms with Gasteiger partial charge >= 0.3 is 0 Å². The van der Waals surface area contributed by atoms with Crippen LogP contribution in [0.2, 0.25) is 0 Å². The van der Waals surface area contributed by atoms with Gasteiger partial charge in [-0.15, -0.1) is 0 Å². The first-order valence-corrected chi connectivity index (χ1v) is 11.1. The number of furan rings is 1. The number of aryl methyl sites for hydroxylation is 4. The lowest BCUT2D eigenvalue weighted by Crippen LogP contribution is -2.24. The molecule has 0 saturated carbocycles. The number of carbonyl (C=O) groups is 1. The summed E-state index contributed by atoms with van der Waals surface area (Å²) in [5, 5.41) is 2.90. The summed E-state index contributed by atoms with van der Waals surface area (Å²) >= 11 is 0. The number of nitrogens with one attached hydrogen (secondary N) is 1. The fraction of sp³-hybridized carbons (Fsp3) is 0.308. The maximum Gasteiger partial charge on any atom is 0.286 e. The van der Waals surface area contributed by atoms with Gasteiger partial charge in [0.1, 0.15) is 11.6 Å². The van der Waals surface area contributed by atoms with Crippen LogP contribution in [0.25, 0.3) is 11.0 Å². The zero-order valence-corrected chi connectivity index (χ0v) is 18.6. The molecule has 4 rings (SSSR count). The van der Waals surface area contributed by atoms with Crippen molar-refractivity contribution in [3.63, 3.8) is 0 Å². The molecule has 0 aliphatic heterocycles. The number of nitrogens with zero attached hydrogens (tertiary/aromatic N) is 2. The van der Waals surface area contributed by atoms with E-state index in [0.717, 1.165) is 48.4 Å². The zero-order valence-electron chi connectivity index (χ0n) is 18.6. The molecule has 166 valence electrons. The quantitative estimate of drug-likeness (QED) is 0.356. The van der Waals surface area contributed by atoms with Gasteiger partial charge in [0.15, 0.2) is 5.76 Å². The minimum atomic E-state index is -0.188. The van der Waals surface area contributed by atoms with Crippen LogP contribution in [-0.4, -0.2) is 28.6 Å². The van der Waals surface area contributed by atoms with Crippen LogP contribution in [0.5, 0.6) is 5.75 Å². The smallest absolute Gasteiger partial charge is 0.286 e. The molecule has 2 aromatic heterocycles. The SMILES string of the molecule is Cc1ccc(OCCCn2c(CCCNC(=O)c3ccco3)nc3ccccc32)cc1C. The number of amides is 1. The molecule has 1 amide bonds. The van der Waals surface area contributed by atoms with Crippen molar-refractivity contribution in [3.05, 3.63) is 83.6 Å². The van der Waals surface area contributed by atoms with E-state index in [1.54, 1.807) is 12.1 Å². The second-order valence-corrected chi connectivity index (χ2v) is 7.95. The second kappa shape index (κ2) is 10.2. The van der Waals surface area contributed by atoms with E-state index in [-0.39, 0.29) is 5.91 Å². The molecule has 0 unspecified atom stereocenters. The molecule has 4 aromatic rings. The first kappa shape index (κ1) is 21.7. The third kappa shape index (κ3) is 5.19. The molecule has 32 heavy (non-hydrogen) atoms. The van der Waals surface area contributed by atoms with E-state index in [1.165, 1.54) is 17.4 Å². The van der Waals surface area contributed by atoms with Crippen LogP contribution >= 0.6 is 0 Å². The van der Waals surface area contributed by atoms with E-state index in [2.05, 4.69) is 41.9 Å². The Morgan fingerprint density at radius 3 is 2.75 bits per heavy atom. The number of rotatable bonds is 10. The molecule has 2 heterocycles. The number of benzene rings is 2. The summed E-state index contributed by atoms with van der Waals surface area (Å²) < 4.78 is 13.4. The summed E-state index contributed by atoms with van der Waals surface area (Å²) in [6, 6.07) is 17.8. The normalized spacial score (nSPS) is 11.1. The van der Waals surface area contributed by atoms with Gasteiger partial charge in [0.25, 0.3) is 5.91 Å². The molecule has 2 aromatic carbocycles. The molecule has 0 spiro atoms. The number of hydrogen-bond donors (Lipinski definition) is 1. The molecule has 0 saturated heterocycles. The van der Waals surface area contributed by atoms with E-state index in [1.807, 2.05) is 24.3 Å². The van der Waals surface area contributed by atoms with E-state index in [0.29, 0.717) is 18.9 Å². The number of carbonyl (C=O) groups excluding carboxylic acids is 1. The fourth-order valence-corrected chi connectivity index (χ4v) is 3.73. The minimum absolute atomic E-state index is 0.188. The van der Waals surface area contributed by atoms with Gasteiger partial charge in [0.2, 0.25) is 0 Å². The predicted molar refractivity (Wildman–Crippen MR) is 125 cm³/mol. The summed E-state index contributed by atoms with van der Waals surface area (Å²) in [5.74, 6) is 2.09. The van der Waals surface area contributed by atoms with Gasteiger partial charge < -0.3 is 19.0 Å². The summed E-state index contributed by atoms with van der Waals surface area (Å²) in [5.41, 5.74) is 4.64. The summed E-state index contributed by atoms with van der Waals surface area (Å²) in [6.45, 7) is 6.25. The maximum atomic E-state index is 12.0. The highest BCUT2D eigenvalue weighted by molar-refractivity contribution is 5.91. The number of aromatic nitrogens is 2. The molecule has 6 heteroatoms. The standard InChI is InChI=1S/C26H29N3O3/c1-19-12-13-21(18-20(19)2)31-17-7-15-29-23-9-4-3-8-22(23)28-25(29)11-5-14-27-26(30)24-10-6-16-32-24/h3-4,6,8-10,12-13,16,18H,5,7,11,14-15,17H2,1-2H3,(H,27,30). The van der Waals surface area contributed by atoms with Crippen molar-refractivity contribution >= 4 is 16.9 Å². The fourth-order valence-electron chi connectivity index (χ4n) is 3.73. The Morgan fingerprint density at radius 2 is 1.94 bits per heavy atom. The predicted octanol–water partition coefficient (Wildman–Crippen LogP) is 5.08. The molecule has 0 aliphatic rings. The third-order valence-corrected chi connectivity index (χ3v) is 5.61. The van der Waals surface area contributed by atoms with Crippen LogP contribution in [0.1, 0.15) is 40.3 Å². The largest absolute Gasteiger partial charge is 0.494 e. The molecule has 6 nitrogen and oxygen atoms in total. The van der Waals surface area contributed by atoms with Gasteiger partial charge in [-0.05, 0) is 74.2 Å². The maximum absolute atomic E-state index is 12.0. The molecule has 0 fully saturated rings. The second-order valence-electron chi connectivity index (χ2n) is 7.95. The van der Waals surface area contributed by atoms with Gasteiger partial charge in [-0.1, -0.05) is 18.2 Å². The van der Waals surface area contributed by atoms with Crippen molar-refractivity contribution < 1.29 is 13.9 Å². The monoisotopic (exact) mass is 431 g/mol. The first-order valence-electron chi connectivity index (χ1n) is 11.1. The molecular formula is C26H29N3O3. The van der Waals surface area contributed by atoms with E-state index in [9.17, 15) is 4.79 Å². The van der Waals surface area contributed by atoms with Crippen molar-refractivity contribution in [1.29, 1.82) is 0 Å². The number of imidazole rings is 1. The Labute approximate surface area is 188 Å². The Kier molecular flexibility index (Phi) is 6.90. The molecule has 0 bridgehead atoms. The number of para-hydroxylation sites is 2. The third-order valence-electron chi connectivity index (χ3n) is 5.61. The summed E-state index contributed by atoms with van der Waals surface area (Å²) in [7, 11) is 0. The zero-order chi connectivity index (χ0) is 22.3. The molecular weight excluding hydrogens is 402 g/mol. The number of fused-ring (bicyclic) bond motifs is 1. The van der Waals surface area contributed by atoms with Gasteiger partial charge in [-0.2, -0.15) is 0 Å².